The summed E-state index contributed by atoms with van der Waals surface area (Å²) in [7, 11) is 0. The highest BCUT2D eigenvalue weighted by Crippen LogP contribution is 2.39. The highest BCUT2D eigenvalue weighted by atomic mass is 32.2. The van der Waals surface area contributed by atoms with Crippen molar-refractivity contribution in [3.8, 4) is 0 Å². The third-order valence-electron chi connectivity index (χ3n) is 3.74. The molecule has 2 heterocycles. The Morgan fingerprint density at radius 2 is 2.14 bits per heavy atom. The van der Waals surface area contributed by atoms with Crippen molar-refractivity contribution in [1.82, 2.24) is 5.32 Å². The Hall–Kier alpha value is -1.30. The number of thioether (sulfide) groups is 1. The van der Waals surface area contributed by atoms with Gasteiger partial charge in [-0.1, -0.05) is 30.3 Å². The number of aliphatic hydroxyl groups is 1. The summed E-state index contributed by atoms with van der Waals surface area (Å²) >= 11 is 3.42. The fraction of sp³-hybridized carbons (Fsp3) is 0.353. The van der Waals surface area contributed by atoms with Crippen LogP contribution < -0.4 is 5.32 Å². The van der Waals surface area contributed by atoms with E-state index >= 15 is 0 Å². The van der Waals surface area contributed by atoms with Gasteiger partial charge in [-0.05, 0) is 34.7 Å². The van der Waals surface area contributed by atoms with E-state index in [0.717, 1.165) is 23.3 Å². The van der Waals surface area contributed by atoms with Gasteiger partial charge in [0.1, 0.15) is 5.25 Å². The molecule has 116 valence electrons. The van der Waals surface area contributed by atoms with E-state index in [0.29, 0.717) is 13.0 Å². The second-order valence-corrected chi connectivity index (χ2v) is 7.60. The van der Waals surface area contributed by atoms with Crippen molar-refractivity contribution < 1.29 is 9.90 Å². The Morgan fingerprint density at radius 1 is 1.32 bits per heavy atom. The minimum Gasteiger partial charge on any atom is -0.391 e. The average molecular weight is 333 g/mol. The largest absolute Gasteiger partial charge is 0.391 e. The minimum absolute atomic E-state index is 0.0106. The summed E-state index contributed by atoms with van der Waals surface area (Å²) in [4.78, 5) is 13.7. The lowest BCUT2D eigenvalue weighted by Crippen LogP contribution is -2.36. The second kappa shape index (κ2) is 7.31. The lowest BCUT2D eigenvalue weighted by atomic mass is 10.1. The maximum Gasteiger partial charge on any atom is 0.237 e. The zero-order valence-corrected chi connectivity index (χ0v) is 13.8. The lowest BCUT2D eigenvalue weighted by molar-refractivity contribution is -0.121. The molecule has 0 fully saturated rings. The van der Waals surface area contributed by atoms with E-state index in [1.54, 1.807) is 23.1 Å². The summed E-state index contributed by atoms with van der Waals surface area (Å²) in [5, 5.41) is 14.9. The first-order chi connectivity index (χ1) is 10.7. The maximum atomic E-state index is 12.4. The third-order valence-corrected chi connectivity index (χ3v) is 5.98. The van der Waals surface area contributed by atoms with Crippen LogP contribution in [-0.2, 0) is 17.6 Å². The molecule has 0 bridgehead atoms. The molecule has 1 aromatic heterocycles. The lowest BCUT2D eigenvalue weighted by Gasteiger charge is -2.22. The van der Waals surface area contributed by atoms with Crippen molar-refractivity contribution in [1.29, 1.82) is 0 Å². The quantitative estimate of drug-likeness (QED) is 0.884. The van der Waals surface area contributed by atoms with Crippen molar-refractivity contribution in [3.05, 3.63) is 57.8 Å². The van der Waals surface area contributed by atoms with E-state index in [9.17, 15) is 9.90 Å². The Bertz CT molecular complexity index is 627. The first kappa shape index (κ1) is 15.6. The number of amides is 1. The van der Waals surface area contributed by atoms with Crippen LogP contribution in [0.2, 0.25) is 0 Å². The number of aliphatic hydroxyl groups excluding tert-OH is 1. The molecule has 1 aliphatic rings. The molecule has 0 radical (unpaired) electrons. The van der Waals surface area contributed by atoms with Gasteiger partial charge >= 0.3 is 0 Å². The number of nitrogens with one attached hydrogen (secondary N) is 1. The number of thiophene rings is 1. The summed E-state index contributed by atoms with van der Waals surface area (Å²) in [5.41, 5.74) is 2.23. The molecule has 0 saturated carbocycles. The second-order valence-electron chi connectivity index (χ2n) is 5.39. The van der Waals surface area contributed by atoms with Crippen LogP contribution in [0.3, 0.4) is 0 Å². The van der Waals surface area contributed by atoms with Crippen molar-refractivity contribution in [2.75, 3.05) is 12.3 Å². The highest BCUT2D eigenvalue weighted by molar-refractivity contribution is 8.00. The van der Waals surface area contributed by atoms with Crippen LogP contribution in [0.25, 0.3) is 0 Å². The Morgan fingerprint density at radius 3 is 2.95 bits per heavy atom. The van der Waals surface area contributed by atoms with Crippen LogP contribution in [0.5, 0.6) is 0 Å². The summed E-state index contributed by atoms with van der Waals surface area (Å²) in [6.07, 6.45) is 1.06. The van der Waals surface area contributed by atoms with E-state index in [4.69, 9.17) is 0 Å². The van der Waals surface area contributed by atoms with Gasteiger partial charge in [0.2, 0.25) is 5.91 Å². The molecule has 3 rings (SSSR count). The van der Waals surface area contributed by atoms with Gasteiger partial charge in [0.25, 0.3) is 0 Å². The molecule has 1 aromatic carbocycles. The van der Waals surface area contributed by atoms with Gasteiger partial charge in [0, 0.05) is 17.8 Å². The predicted octanol–water partition coefficient (Wildman–Crippen LogP) is 2.80. The molecule has 22 heavy (non-hydrogen) atoms. The van der Waals surface area contributed by atoms with Gasteiger partial charge in [-0.25, -0.2) is 0 Å². The average Bonchev–Trinajstić information content (AvgIpc) is 3.02. The molecule has 2 N–H and O–H groups in total. The maximum absolute atomic E-state index is 12.4. The molecule has 1 aliphatic heterocycles. The monoisotopic (exact) mass is 333 g/mol. The molecule has 1 amide bonds. The Labute approximate surface area is 138 Å². The highest BCUT2D eigenvalue weighted by Gasteiger charge is 2.28. The topological polar surface area (TPSA) is 49.3 Å². The van der Waals surface area contributed by atoms with E-state index in [1.165, 1.54) is 4.88 Å². The first-order valence-corrected chi connectivity index (χ1v) is 9.34. The number of benzene rings is 1. The summed E-state index contributed by atoms with van der Waals surface area (Å²) < 4.78 is 0. The number of rotatable bonds is 5. The van der Waals surface area contributed by atoms with Gasteiger partial charge < -0.3 is 10.4 Å². The van der Waals surface area contributed by atoms with Crippen LogP contribution >= 0.6 is 23.1 Å². The third kappa shape index (κ3) is 3.72. The van der Waals surface area contributed by atoms with Crippen molar-refractivity contribution in [2.24, 2.45) is 0 Å². The summed E-state index contributed by atoms with van der Waals surface area (Å²) in [6.45, 7) is 0.296. The van der Waals surface area contributed by atoms with Gasteiger partial charge in [-0.15, -0.1) is 23.1 Å². The Kier molecular flexibility index (Phi) is 5.18. The Balaban J connectivity index is 1.53. The molecule has 3 nitrogen and oxygen atoms in total. The van der Waals surface area contributed by atoms with Crippen LogP contribution in [0.1, 0.15) is 21.3 Å². The van der Waals surface area contributed by atoms with Gasteiger partial charge in [0.15, 0.2) is 0 Å². The van der Waals surface area contributed by atoms with Gasteiger partial charge in [-0.3, -0.25) is 4.79 Å². The molecule has 0 spiro atoms. The van der Waals surface area contributed by atoms with Gasteiger partial charge in [-0.2, -0.15) is 0 Å². The molecule has 5 heteroatoms. The zero-order chi connectivity index (χ0) is 15.4. The van der Waals surface area contributed by atoms with Crippen LogP contribution in [-0.4, -0.2) is 29.4 Å². The van der Waals surface area contributed by atoms with E-state index in [2.05, 4.69) is 16.8 Å². The normalized spacial score (nSPS) is 18.5. The SMILES string of the molecule is O=C(NC[C@H](O)Cc1ccccc1)[C@H]1SCCc2sccc21. The standard InChI is InChI=1S/C17H19NO2S2/c19-13(10-12-4-2-1-3-5-12)11-18-17(20)16-14-6-8-21-15(14)7-9-22-16/h1-6,8,13,16,19H,7,9-11H2,(H,18,20)/t13-,16+/m1/s1. The number of aryl methyl sites for hydroxylation is 1. The number of carbonyl (C=O) groups excluding carboxylic acids is 1. The van der Waals surface area contributed by atoms with E-state index in [-0.39, 0.29) is 11.2 Å². The number of fused-ring (bicyclic) bond motifs is 1. The minimum atomic E-state index is -0.554. The van der Waals surface area contributed by atoms with Crippen molar-refractivity contribution in [3.63, 3.8) is 0 Å². The summed E-state index contributed by atoms with van der Waals surface area (Å²) in [5.74, 6) is 0.995. The zero-order valence-electron chi connectivity index (χ0n) is 12.2. The fourth-order valence-electron chi connectivity index (χ4n) is 2.63. The smallest absolute Gasteiger partial charge is 0.237 e. The molecular weight excluding hydrogens is 314 g/mol. The predicted molar refractivity (Wildman–Crippen MR) is 92.4 cm³/mol. The molecule has 0 aliphatic carbocycles. The molecular formula is C17H19NO2S2. The molecule has 2 atom stereocenters. The molecule has 2 aromatic rings. The van der Waals surface area contributed by atoms with Crippen LogP contribution in [0.15, 0.2) is 41.8 Å². The van der Waals surface area contributed by atoms with Crippen molar-refractivity contribution >= 4 is 29.0 Å². The van der Waals surface area contributed by atoms with E-state index < -0.39 is 6.10 Å². The first-order valence-electron chi connectivity index (χ1n) is 7.41. The fourth-order valence-corrected chi connectivity index (χ4v) is 4.95. The summed E-state index contributed by atoms with van der Waals surface area (Å²) in [6, 6.07) is 11.9. The number of carbonyl (C=O) groups is 1. The number of hydrogen-bond acceptors (Lipinski definition) is 4. The molecule has 0 unspecified atom stereocenters. The molecule has 0 saturated heterocycles. The number of hydrogen-bond donors (Lipinski definition) is 2. The van der Waals surface area contributed by atoms with Gasteiger partial charge in [0.05, 0.1) is 6.10 Å². The van der Waals surface area contributed by atoms with Crippen molar-refractivity contribution in [2.45, 2.75) is 24.2 Å². The van der Waals surface area contributed by atoms with Crippen LogP contribution in [0, 0.1) is 0 Å². The van der Waals surface area contributed by atoms with E-state index in [1.807, 2.05) is 30.3 Å². The van der Waals surface area contributed by atoms with Crippen LogP contribution in [0.4, 0.5) is 0 Å².